The van der Waals surface area contributed by atoms with Crippen molar-refractivity contribution in [3.05, 3.63) is 17.7 Å². The molecule has 15 heteroatoms. The number of benzene rings is 1. The minimum atomic E-state index is -4.90. The van der Waals surface area contributed by atoms with E-state index in [0.29, 0.717) is 12.1 Å². The Balaban J connectivity index is 0.00000392. The van der Waals surface area contributed by atoms with E-state index in [0.717, 1.165) is 0 Å². The van der Waals surface area contributed by atoms with Gasteiger partial charge in [0.2, 0.25) is 6.29 Å². The number of hydrogen-bond donors (Lipinski definition) is 6. The molecule has 13 nitrogen and oxygen atoms in total. The second-order valence-corrected chi connectivity index (χ2v) is 6.56. The van der Waals surface area contributed by atoms with Crippen LogP contribution in [0.25, 0.3) is 0 Å². The molecule has 0 saturated carbocycles. The van der Waals surface area contributed by atoms with Crippen molar-refractivity contribution in [2.45, 2.75) is 30.7 Å². The second-order valence-electron chi connectivity index (χ2n) is 5.47. The van der Waals surface area contributed by atoms with Crippen LogP contribution in [0, 0.1) is 0 Å². The molecule has 0 unspecified atom stereocenters. The van der Waals surface area contributed by atoms with Gasteiger partial charge < -0.3 is 40.1 Å². The molecule has 5 atom stereocenters. The van der Waals surface area contributed by atoms with Gasteiger partial charge in [-0.1, -0.05) is 11.8 Å². The maximum Gasteiger partial charge on any atom is 1.00 e. The number of aliphatic hydroxyl groups excluding tert-OH is 3. The van der Waals surface area contributed by atoms with E-state index in [2.05, 4.69) is 4.18 Å². The summed E-state index contributed by atoms with van der Waals surface area (Å²) in [7, 11) is -4.90. The van der Waals surface area contributed by atoms with E-state index in [1.807, 2.05) is 0 Å². The molecule has 1 fully saturated rings. The van der Waals surface area contributed by atoms with Crippen LogP contribution in [-0.4, -0.2) is 81.8 Å². The molecule has 0 spiro atoms. The number of ether oxygens (including phenoxy) is 2. The molecular weight excluding hydrogens is 435 g/mol. The van der Waals surface area contributed by atoms with E-state index < -0.39 is 76.5 Å². The van der Waals surface area contributed by atoms with Gasteiger partial charge in [-0.25, -0.2) is 8.98 Å². The van der Waals surface area contributed by atoms with Gasteiger partial charge in [-0.15, -0.1) is 0 Å². The Morgan fingerprint density at radius 3 is 2.29 bits per heavy atom. The van der Waals surface area contributed by atoms with Crippen molar-refractivity contribution in [2.75, 3.05) is 6.61 Å². The monoisotopic (exact) mass is 450 g/mol. The first-order valence-corrected chi connectivity index (χ1v) is 8.52. The molecule has 1 saturated heterocycles. The number of aliphatic hydroxyl groups is 3. The normalized spacial score (nSPS) is 27.6. The van der Waals surface area contributed by atoms with Gasteiger partial charge in [-0.05, 0) is 6.07 Å². The number of hydrogen-bond acceptors (Lipinski definition) is 11. The molecule has 1 heterocycles. The molecule has 1 aromatic carbocycles. The molecule has 1 aromatic rings. The van der Waals surface area contributed by atoms with Crippen LogP contribution in [0.15, 0.2) is 12.1 Å². The number of aromatic carboxylic acids is 1. The predicted octanol–water partition coefficient (Wildman–Crippen LogP) is -5.83. The van der Waals surface area contributed by atoms with E-state index in [1.165, 1.54) is 0 Å². The summed E-state index contributed by atoms with van der Waals surface area (Å²) in [6.45, 7) is -0.974. The Labute approximate surface area is 200 Å². The van der Waals surface area contributed by atoms with E-state index in [9.17, 15) is 38.7 Å². The zero-order valence-corrected chi connectivity index (χ0v) is 18.1. The van der Waals surface area contributed by atoms with Crippen LogP contribution < -0.4 is 61.2 Å². The molecule has 6 N–H and O–H groups in total. The first-order chi connectivity index (χ1) is 12.4. The zero-order valence-electron chi connectivity index (χ0n) is 14.2. The molecular formula is C13H15KO13S. The van der Waals surface area contributed by atoms with Gasteiger partial charge in [0.05, 0.1) is 12.2 Å². The molecule has 0 aromatic heterocycles. The zero-order chi connectivity index (χ0) is 20.5. The number of carboxylic acids is 1. The Bertz CT molecular complexity index is 790. The van der Waals surface area contributed by atoms with Crippen molar-refractivity contribution < 1.29 is 113 Å². The van der Waals surface area contributed by atoms with Crippen LogP contribution in [0.5, 0.6) is 17.2 Å². The third-order valence-corrected chi connectivity index (χ3v) is 4.00. The van der Waals surface area contributed by atoms with Crippen molar-refractivity contribution in [3.63, 3.8) is 0 Å². The first-order valence-electron chi connectivity index (χ1n) is 7.16. The van der Waals surface area contributed by atoms with Gasteiger partial charge >= 0.3 is 67.8 Å². The number of carboxylic acid groups (broad SMARTS) is 1. The fourth-order valence-corrected chi connectivity index (χ4v) is 2.56. The summed E-state index contributed by atoms with van der Waals surface area (Å²) in [5, 5.41) is 59.9. The topological polar surface area (TPSA) is 223 Å². The average molecular weight is 450 g/mol. The Kier molecular flexibility index (Phi) is 9.06. The second kappa shape index (κ2) is 9.96. The van der Waals surface area contributed by atoms with Crippen molar-refractivity contribution in [2.24, 2.45) is 0 Å². The van der Waals surface area contributed by atoms with Crippen molar-refractivity contribution >= 4 is 16.4 Å². The van der Waals surface area contributed by atoms with Gasteiger partial charge in [0.25, 0.3) is 0 Å². The number of phenols is 1. The molecule has 0 aliphatic carbocycles. The van der Waals surface area contributed by atoms with Crippen LogP contribution in [0.3, 0.4) is 0 Å². The van der Waals surface area contributed by atoms with Crippen molar-refractivity contribution in [3.8, 4) is 17.2 Å². The fraction of sp³-hybridized carbons (Fsp3) is 0.462. The molecule has 0 bridgehead atoms. The third-order valence-electron chi connectivity index (χ3n) is 3.57. The third kappa shape index (κ3) is 6.21. The maximum absolute atomic E-state index is 11.9. The summed E-state index contributed by atoms with van der Waals surface area (Å²) in [6.07, 6.45) is -9.23. The van der Waals surface area contributed by atoms with Crippen molar-refractivity contribution in [1.82, 2.24) is 0 Å². The van der Waals surface area contributed by atoms with Crippen LogP contribution in [0.4, 0.5) is 0 Å². The SMILES string of the molecule is O=C(O)c1cc([O-])c(O[C@@H]2O[C@H](COS(=O)(=O)O)[C@@H](O)[C@H](O)[C@H]2O)c(O)c1.[K+]. The molecule has 1 aliphatic heterocycles. The number of carbonyl (C=O) groups is 1. The molecule has 0 radical (unpaired) electrons. The van der Waals surface area contributed by atoms with Crippen molar-refractivity contribution in [1.29, 1.82) is 0 Å². The number of rotatable bonds is 6. The van der Waals surface area contributed by atoms with Gasteiger partial charge in [0.15, 0.2) is 11.5 Å². The predicted molar refractivity (Wildman–Crippen MR) is 79.3 cm³/mol. The van der Waals surface area contributed by atoms with E-state index in [4.69, 9.17) is 19.1 Å². The van der Waals surface area contributed by atoms with E-state index >= 15 is 0 Å². The van der Waals surface area contributed by atoms with Crippen LogP contribution in [0.1, 0.15) is 10.4 Å². The number of phenolic OH excluding ortho intramolecular Hbond substituents is 1. The summed E-state index contributed by atoms with van der Waals surface area (Å²) in [5.74, 6) is -4.30. The molecule has 1 aliphatic rings. The molecule has 2 rings (SSSR count). The summed E-state index contributed by atoms with van der Waals surface area (Å²) >= 11 is 0. The molecule has 0 amide bonds. The van der Waals surface area contributed by atoms with Crippen LogP contribution in [-0.2, 0) is 19.3 Å². The van der Waals surface area contributed by atoms with Crippen LogP contribution >= 0.6 is 0 Å². The minimum absolute atomic E-state index is 0. The quantitative estimate of drug-likeness (QED) is 0.176. The smallest absolute Gasteiger partial charge is 0.870 e. The summed E-state index contributed by atoms with van der Waals surface area (Å²) in [6, 6.07) is 1.31. The van der Waals surface area contributed by atoms with E-state index in [1.54, 1.807) is 0 Å². The Morgan fingerprint density at radius 1 is 1.18 bits per heavy atom. The minimum Gasteiger partial charge on any atom is -0.870 e. The van der Waals surface area contributed by atoms with Gasteiger partial charge in [0, 0.05) is 0 Å². The molecule has 152 valence electrons. The summed E-state index contributed by atoms with van der Waals surface area (Å²) in [5.41, 5.74) is -0.537. The van der Waals surface area contributed by atoms with Gasteiger partial charge in [-0.3, -0.25) is 4.55 Å². The Hall–Kier alpha value is -0.564. The van der Waals surface area contributed by atoms with Gasteiger partial charge in [0.1, 0.15) is 24.4 Å². The summed E-state index contributed by atoms with van der Waals surface area (Å²) in [4.78, 5) is 10.8. The average Bonchev–Trinajstić information content (AvgIpc) is 2.55. The first kappa shape index (κ1) is 25.5. The standard InChI is InChI=1S/C13H16O13S.K/c14-5-1-4(12(19)20)2-6(15)11(5)26-13-10(18)9(17)8(16)7(25-13)3-24-27(21,22)23;/h1-2,7-10,13-18H,3H2,(H,19,20)(H,21,22,23);/q;+1/p-1/t7-,8-,9+,10-,13+;/m1./s1. The summed E-state index contributed by atoms with van der Waals surface area (Å²) < 4.78 is 43.8. The Morgan fingerprint density at radius 2 is 1.79 bits per heavy atom. The molecule has 28 heavy (non-hydrogen) atoms. The largest absolute Gasteiger partial charge is 1.00 e. The van der Waals surface area contributed by atoms with Crippen LogP contribution in [0.2, 0.25) is 0 Å². The fourth-order valence-electron chi connectivity index (χ4n) is 2.25. The van der Waals surface area contributed by atoms with Gasteiger partial charge in [-0.2, -0.15) is 8.42 Å². The van der Waals surface area contributed by atoms with E-state index in [-0.39, 0.29) is 51.4 Å². The maximum atomic E-state index is 11.9. The number of aromatic hydroxyl groups is 1.